The molecule has 2 aromatic rings. The molecule has 2 aromatic carbocycles. The summed E-state index contributed by atoms with van der Waals surface area (Å²) < 4.78 is 5.91. The molecule has 5 heteroatoms. The molecule has 1 unspecified atom stereocenters. The maximum Gasteiger partial charge on any atom is 0.131 e. The molecule has 1 atom stereocenters. The maximum absolute atomic E-state index is 6.30. The van der Waals surface area contributed by atoms with Crippen LogP contribution in [-0.4, -0.2) is 12.6 Å². The molecular weight excluding hydrogens is 317 g/mol. The van der Waals surface area contributed by atoms with Crippen molar-refractivity contribution in [2.24, 2.45) is 5.73 Å². The van der Waals surface area contributed by atoms with Gasteiger partial charge in [-0.3, -0.25) is 0 Å². The third-order valence-corrected chi connectivity index (χ3v) is 4.40. The van der Waals surface area contributed by atoms with Crippen LogP contribution in [0.4, 0.5) is 0 Å². The summed E-state index contributed by atoms with van der Waals surface area (Å²) in [6.45, 7) is 0.467. The van der Waals surface area contributed by atoms with Crippen LogP contribution in [0.1, 0.15) is 5.56 Å². The van der Waals surface area contributed by atoms with Crippen LogP contribution in [0.3, 0.4) is 0 Å². The molecule has 1 heterocycles. The molecule has 0 spiro atoms. The number of hydrogen-bond donors (Lipinski definition) is 1. The second-order valence-electron chi connectivity index (χ2n) is 4.72. The minimum absolute atomic E-state index is 0.0137. The predicted octanol–water partition coefficient (Wildman–Crippen LogP) is 4.58. The highest BCUT2D eigenvalue weighted by Crippen LogP contribution is 2.44. The first kappa shape index (κ1) is 14.0. The van der Waals surface area contributed by atoms with Crippen LogP contribution >= 0.6 is 34.8 Å². The summed E-state index contributed by atoms with van der Waals surface area (Å²) >= 11 is 18.6. The Morgan fingerprint density at radius 3 is 2.70 bits per heavy atom. The van der Waals surface area contributed by atoms with Gasteiger partial charge in [0.25, 0.3) is 0 Å². The van der Waals surface area contributed by atoms with Gasteiger partial charge in [0.2, 0.25) is 0 Å². The van der Waals surface area contributed by atoms with Gasteiger partial charge in [-0.1, -0.05) is 46.9 Å². The number of benzene rings is 2. The Balaban J connectivity index is 2.18. The molecule has 2 N–H and O–H groups in total. The number of halogens is 3. The number of nitrogens with two attached hydrogens (primary N) is 1. The van der Waals surface area contributed by atoms with E-state index in [9.17, 15) is 0 Å². The van der Waals surface area contributed by atoms with Gasteiger partial charge in [-0.25, -0.2) is 0 Å². The molecule has 104 valence electrons. The largest absolute Gasteiger partial charge is 0.488 e. The normalized spacial score (nSPS) is 16.9. The van der Waals surface area contributed by atoms with E-state index < -0.39 is 0 Å². The summed E-state index contributed by atoms with van der Waals surface area (Å²) in [5, 5.41) is 1.65. The minimum Gasteiger partial charge on any atom is -0.488 e. The zero-order valence-electron chi connectivity index (χ0n) is 10.5. The molecule has 2 nitrogen and oxygen atoms in total. The Kier molecular flexibility index (Phi) is 3.83. The van der Waals surface area contributed by atoms with Crippen molar-refractivity contribution in [3.63, 3.8) is 0 Å². The van der Waals surface area contributed by atoms with E-state index in [2.05, 4.69) is 0 Å². The fourth-order valence-electron chi connectivity index (χ4n) is 2.44. The Morgan fingerprint density at radius 2 is 1.95 bits per heavy atom. The molecule has 0 radical (unpaired) electrons. The summed E-state index contributed by atoms with van der Waals surface area (Å²) in [6, 6.07) is 9.26. The zero-order chi connectivity index (χ0) is 14.3. The van der Waals surface area contributed by atoms with Crippen molar-refractivity contribution in [1.82, 2.24) is 0 Å². The lowest BCUT2D eigenvalue weighted by atomic mass is 10.0. The lowest BCUT2D eigenvalue weighted by molar-refractivity contribution is 0.242. The standard InChI is InChI=1S/C15H12Cl3NO/c16-9-4-8-5-10(7-19)20-15(8)12(6-9)11-2-1-3-13(17)14(11)18/h1-4,6,10H,5,7,19H2. The first-order chi connectivity index (χ1) is 9.60. The fraction of sp³-hybridized carbons (Fsp3) is 0.200. The van der Waals surface area contributed by atoms with Gasteiger partial charge >= 0.3 is 0 Å². The molecule has 0 bridgehead atoms. The van der Waals surface area contributed by atoms with Gasteiger partial charge in [0, 0.05) is 29.1 Å². The number of rotatable bonds is 2. The molecule has 0 saturated heterocycles. The molecule has 20 heavy (non-hydrogen) atoms. The highest BCUT2D eigenvalue weighted by atomic mass is 35.5. The van der Waals surface area contributed by atoms with E-state index in [0.29, 0.717) is 21.6 Å². The van der Waals surface area contributed by atoms with Gasteiger partial charge in [-0.15, -0.1) is 0 Å². The Bertz CT molecular complexity index is 672. The third kappa shape index (κ3) is 2.38. The molecule has 0 amide bonds. The lowest BCUT2D eigenvalue weighted by Gasteiger charge is -2.13. The second kappa shape index (κ2) is 5.45. The van der Waals surface area contributed by atoms with Crippen molar-refractivity contribution in [2.45, 2.75) is 12.5 Å². The smallest absolute Gasteiger partial charge is 0.131 e. The lowest BCUT2D eigenvalue weighted by Crippen LogP contribution is -2.24. The molecule has 0 fully saturated rings. The van der Waals surface area contributed by atoms with E-state index >= 15 is 0 Å². The van der Waals surface area contributed by atoms with Gasteiger partial charge in [0.15, 0.2) is 0 Å². The summed E-state index contributed by atoms with van der Waals surface area (Å²) in [6.07, 6.45) is 0.748. The summed E-state index contributed by atoms with van der Waals surface area (Å²) in [5.41, 5.74) is 8.42. The van der Waals surface area contributed by atoms with Crippen molar-refractivity contribution < 1.29 is 4.74 Å². The summed E-state index contributed by atoms with van der Waals surface area (Å²) in [4.78, 5) is 0. The van der Waals surface area contributed by atoms with Crippen LogP contribution in [0.5, 0.6) is 5.75 Å². The van der Waals surface area contributed by atoms with Crippen molar-refractivity contribution >= 4 is 34.8 Å². The molecule has 0 aromatic heterocycles. The summed E-state index contributed by atoms with van der Waals surface area (Å²) in [5.74, 6) is 0.800. The molecule has 1 aliphatic rings. The van der Waals surface area contributed by atoms with Gasteiger partial charge in [0.1, 0.15) is 11.9 Å². The maximum atomic E-state index is 6.30. The van der Waals surface area contributed by atoms with E-state index in [0.717, 1.165) is 28.9 Å². The summed E-state index contributed by atoms with van der Waals surface area (Å²) in [7, 11) is 0. The van der Waals surface area contributed by atoms with Crippen LogP contribution < -0.4 is 10.5 Å². The highest BCUT2D eigenvalue weighted by Gasteiger charge is 2.26. The Hall–Kier alpha value is -0.930. The Morgan fingerprint density at radius 1 is 1.15 bits per heavy atom. The predicted molar refractivity (Wildman–Crippen MR) is 84.1 cm³/mol. The van der Waals surface area contributed by atoms with E-state index in [1.807, 2.05) is 24.3 Å². The number of hydrogen-bond acceptors (Lipinski definition) is 2. The average molecular weight is 329 g/mol. The van der Waals surface area contributed by atoms with Crippen molar-refractivity contribution in [2.75, 3.05) is 6.54 Å². The number of ether oxygens (including phenoxy) is 1. The highest BCUT2D eigenvalue weighted by molar-refractivity contribution is 6.43. The SMILES string of the molecule is NCC1Cc2cc(Cl)cc(-c3cccc(Cl)c3Cl)c2O1. The van der Waals surface area contributed by atoms with E-state index in [1.54, 1.807) is 6.07 Å². The molecule has 0 saturated carbocycles. The molecule has 0 aliphatic carbocycles. The van der Waals surface area contributed by atoms with E-state index in [-0.39, 0.29) is 6.10 Å². The topological polar surface area (TPSA) is 35.2 Å². The minimum atomic E-state index is -0.0137. The molecular formula is C15H12Cl3NO. The van der Waals surface area contributed by atoms with Crippen LogP contribution in [0, 0.1) is 0 Å². The van der Waals surface area contributed by atoms with Gasteiger partial charge < -0.3 is 10.5 Å². The van der Waals surface area contributed by atoms with Gasteiger partial charge in [-0.2, -0.15) is 0 Å². The average Bonchev–Trinajstić information content (AvgIpc) is 2.84. The monoisotopic (exact) mass is 327 g/mol. The third-order valence-electron chi connectivity index (χ3n) is 3.37. The van der Waals surface area contributed by atoms with Gasteiger partial charge in [0.05, 0.1) is 10.0 Å². The van der Waals surface area contributed by atoms with Crippen molar-refractivity contribution in [3.05, 3.63) is 51.0 Å². The first-order valence-corrected chi connectivity index (χ1v) is 7.37. The second-order valence-corrected chi connectivity index (χ2v) is 5.94. The van der Waals surface area contributed by atoms with E-state index in [1.165, 1.54) is 0 Å². The van der Waals surface area contributed by atoms with Crippen LogP contribution in [0.25, 0.3) is 11.1 Å². The Labute approximate surface area is 132 Å². The van der Waals surface area contributed by atoms with Crippen LogP contribution in [0.2, 0.25) is 15.1 Å². The number of fused-ring (bicyclic) bond motifs is 1. The van der Waals surface area contributed by atoms with E-state index in [4.69, 9.17) is 45.3 Å². The van der Waals surface area contributed by atoms with Crippen molar-refractivity contribution in [1.29, 1.82) is 0 Å². The van der Waals surface area contributed by atoms with Crippen LogP contribution in [-0.2, 0) is 6.42 Å². The van der Waals surface area contributed by atoms with Crippen LogP contribution in [0.15, 0.2) is 30.3 Å². The van der Waals surface area contributed by atoms with Crippen molar-refractivity contribution in [3.8, 4) is 16.9 Å². The first-order valence-electron chi connectivity index (χ1n) is 6.23. The fourth-order valence-corrected chi connectivity index (χ4v) is 3.08. The van der Waals surface area contributed by atoms with Gasteiger partial charge in [-0.05, 0) is 23.8 Å². The molecule has 3 rings (SSSR count). The molecule has 1 aliphatic heterocycles. The quantitative estimate of drug-likeness (QED) is 0.876. The zero-order valence-corrected chi connectivity index (χ0v) is 12.8.